The van der Waals surface area contributed by atoms with E-state index in [4.69, 9.17) is 0 Å². The zero-order chi connectivity index (χ0) is 8.55. The molecule has 0 aliphatic carbocycles. The highest BCUT2D eigenvalue weighted by molar-refractivity contribution is 5.80. The molecular formula is C9H8FNO. The molecule has 0 spiro atoms. The number of fused-ring (bicyclic) bond motifs is 1. The molecule has 0 bridgehead atoms. The Morgan fingerprint density at radius 3 is 3.00 bits per heavy atom. The van der Waals surface area contributed by atoms with Crippen molar-refractivity contribution in [1.82, 2.24) is 5.32 Å². The van der Waals surface area contributed by atoms with E-state index in [1.807, 2.05) is 0 Å². The van der Waals surface area contributed by atoms with E-state index in [2.05, 4.69) is 5.32 Å². The van der Waals surface area contributed by atoms with Gasteiger partial charge in [0.1, 0.15) is 5.82 Å². The van der Waals surface area contributed by atoms with Crippen molar-refractivity contribution < 1.29 is 9.18 Å². The van der Waals surface area contributed by atoms with Crippen LogP contribution in [0.2, 0.25) is 0 Å². The highest BCUT2D eigenvalue weighted by Gasteiger charge is 2.14. The van der Waals surface area contributed by atoms with Crippen LogP contribution in [0, 0.1) is 5.82 Å². The molecule has 1 aliphatic heterocycles. The molecule has 1 N–H and O–H groups in total. The minimum absolute atomic E-state index is 0.0342. The Hall–Kier alpha value is -1.38. The molecule has 1 amide bonds. The zero-order valence-electron chi connectivity index (χ0n) is 6.43. The maximum atomic E-state index is 12.7. The summed E-state index contributed by atoms with van der Waals surface area (Å²) in [6, 6.07) is 4.55. The Labute approximate surface area is 69.4 Å². The van der Waals surface area contributed by atoms with Crippen molar-refractivity contribution in [2.24, 2.45) is 0 Å². The summed E-state index contributed by atoms with van der Waals surface area (Å²) in [6.45, 7) is 0.522. The van der Waals surface area contributed by atoms with Crippen molar-refractivity contribution in [2.75, 3.05) is 0 Å². The number of rotatable bonds is 0. The number of halogens is 1. The monoisotopic (exact) mass is 165 g/mol. The topological polar surface area (TPSA) is 29.1 Å². The summed E-state index contributed by atoms with van der Waals surface area (Å²) >= 11 is 0. The predicted molar refractivity (Wildman–Crippen MR) is 42.0 cm³/mol. The average molecular weight is 165 g/mol. The lowest BCUT2D eigenvalue weighted by atomic mass is 10.0. The molecule has 1 heterocycles. The van der Waals surface area contributed by atoms with Crippen LogP contribution in [0.25, 0.3) is 0 Å². The number of benzene rings is 1. The fourth-order valence-electron chi connectivity index (χ4n) is 1.36. The molecule has 0 atom stereocenters. The SMILES string of the molecule is O=C1Cc2cc(F)ccc2CN1. The van der Waals surface area contributed by atoms with Gasteiger partial charge in [-0.25, -0.2) is 4.39 Å². The molecule has 0 saturated heterocycles. The summed E-state index contributed by atoms with van der Waals surface area (Å²) in [5, 5.41) is 2.70. The number of carbonyl (C=O) groups is 1. The molecule has 0 saturated carbocycles. The van der Waals surface area contributed by atoms with Crippen molar-refractivity contribution in [3.8, 4) is 0 Å². The third-order valence-corrected chi connectivity index (χ3v) is 2.00. The first-order valence-electron chi connectivity index (χ1n) is 3.80. The molecule has 12 heavy (non-hydrogen) atoms. The lowest BCUT2D eigenvalue weighted by Gasteiger charge is -2.15. The molecule has 0 fully saturated rings. The van der Waals surface area contributed by atoms with Crippen LogP contribution in [0.3, 0.4) is 0 Å². The van der Waals surface area contributed by atoms with Crippen LogP contribution in [0.1, 0.15) is 11.1 Å². The lowest BCUT2D eigenvalue weighted by Crippen LogP contribution is -2.30. The van der Waals surface area contributed by atoms with Gasteiger partial charge in [-0.3, -0.25) is 4.79 Å². The summed E-state index contributed by atoms with van der Waals surface area (Å²) < 4.78 is 12.7. The fourth-order valence-corrected chi connectivity index (χ4v) is 1.36. The highest BCUT2D eigenvalue weighted by atomic mass is 19.1. The fraction of sp³-hybridized carbons (Fsp3) is 0.222. The van der Waals surface area contributed by atoms with E-state index in [-0.39, 0.29) is 11.7 Å². The second kappa shape index (κ2) is 2.59. The smallest absolute Gasteiger partial charge is 0.224 e. The van der Waals surface area contributed by atoms with Crippen LogP contribution >= 0.6 is 0 Å². The lowest BCUT2D eigenvalue weighted by molar-refractivity contribution is -0.121. The second-order valence-electron chi connectivity index (χ2n) is 2.87. The summed E-state index contributed by atoms with van der Waals surface area (Å²) in [7, 11) is 0. The molecule has 3 heteroatoms. The van der Waals surface area contributed by atoms with Gasteiger partial charge in [-0.15, -0.1) is 0 Å². The normalized spacial score (nSPS) is 15.2. The van der Waals surface area contributed by atoms with E-state index in [0.717, 1.165) is 11.1 Å². The molecule has 0 aromatic heterocycles. The summed E-state index contributed by atoms with van der Waals surface area (Å²) in [5.41, 5.74) is 1.81. The van der Waals surface area contributed by atoms with E-state index >= 15 is 0 Å². The summed E-state index contributed by atoms with van der Waals surface area (Å²) in [6.07, 6.45) is 0.299. The van der Waals surface area contributed by atoms with Crippen LogP contribution < -0.4 is 5.32 Å². The molecule has 2 nitrogen and oxygen atoms in total. The largest absolute Gasteiger partial charge is 0.352 e. The average Bonchev–Trinajstić information content (AvgIpc) is 2.03. The van der Waals surface area contributed by atoms with E-state index in [9.17, 15) is 9.18 Å². The van der Waals surface area contributed by atoms with Gasteiger partial charge < -0.3 is 5.32 Å². The van der Waals surface area contributed by atoms with Crippen LogP contribution in [-0.2, 0) is 17.8 Å². The Morgan fingerprint density at radius 1 is 1.33 bits per heavy atom. The van der Waals surface area contributed by atoms with Crippen LogP contribution in [0.15, 0.2) is 18.2 Å². The number of nitrogens with one attached hydrogen (secondary N) is 1. The molecule has 1 aliphatic rings. The van der Waals surface area contributed by atoms with E-state index < -0.39 is 0 Å². The van der Waals surface area contributed by atoms with Gasteiger partial charge in [0.15, 0.2) is 0 Å². The van der Waals surface area contributed by atoms with E-state index in [1.165, 1.54) is 12.1 Å². The van der Waals surface area contributed by atoms with Gasteiger partial charge in [0.2, 0.25) is 5.91 Å². The molecule has 0 radical (unpaired) electrons. The molecule has 2 rings (SSSR count). The second-order valence-corrected chi connectivity index (χ2v) is 2.87. The molecule has 62 valence electrons. The zero-order valence-corrected chi connectivity index (χ0v) is 6.43. The van der Waals surface area contributed by atoms with E-state index in [1.54, 1.807) is 6.07 Å². The van der Waals surface area contributed by atoms with Crippen molar-refractivity contribution in [3.05, 3.63) is 35.1 Å². The Bertz CT molecular complexity index is 335. The Kier molecular flexibility index (Phi) is 1.57. The molecule has 1 aromatic carbocycles. The highest BCUT2D eigenvalue weighted by Crippen LogP contribution is 2.15. The van der Waals surface area contributed by atoms with E-state index in [0.29, 0.717) is 13.0 Å². The van der Waals surface area contributed by atoms with Crippen LogP contribution in [-0.4, -0.2) is 5.91 Å². The molecule has 0 unspecified atom stereocenters. The maximum absolute atomic E-state index is 12.7. The first-order valence-corrected chi connectivity index (χ1v) is 3.80. The minimum atomic E-state index is -0.275. The Balaban J connectivity index is 2.44. The number of carbonyl (C=O) groups excluding carboxylic acids is 1. The maximum Gasteiger partial charge on any atom is 0.224 e. The third-order valence-electron chi connectivity index (χ3n) is 2.00. The molecular weight excluding hydrogens is 157 g/mol. The van der Waals surface area contributed by atoms with Crippen molar-refractivity contribution in [1.29, 1.82) is 0 Å². The van der Waals surface area contributed by atoms with Gasteiger partial charge in [-0.1, -0.05) is 6.07 Å². The van der Waals surface area contributed by atoms with Gasteiger partial charge in [-0.2, -0.15) is 0 Å². The number of amides is 1. The van der Waals surface area contributed by atoms with Gasteiger partial charge >= 0.3 is 0 Å². The van der Waals surface area contributed by atoms with Gasteiger partial charge in [0.25, 0.3) is 0 Å². The first kappa shape index (κ1) is 7.28. The quantitative estimate of drug-likeness (QED) is 0.610. The first-order chi connectivity index (χ1) is 5.75. The minimum Gasteiger partial charge on any atom is -0.352 e. The van der Waals surface area contributed by atoms with Crippen molar-refractivity contribution >= 4 is 5.91 Å². The number of hydrogen-bond donors (Lipinski definition) is 1. The number of hydrogen-bond acceptors (Lipinski definition) is 1. The van der Waals surface area contributed by atoms with Gasteiger partial charge in [0, 0.05) is 6.54 Å². The summed E-state index contributed by atoms with van der Waals surface area (Å²) in [5.74, 6) is -0.309. The standard InChI is InChI=1S/C9H8FNO/c10-8-2-1-6-5-11-9(12)4-7(6)3-8/h1-3H,4-5H2,(H,11,12). The van der Waals surface area contributed by atoms with Crippen LogP contribution in [0.5, 0.6) is 0 Å². The molecule has 1 aromatic rings. The Morgan fingerprint density at radius 2 is 2.17 bits per heavy atom. The summed E-state index contributed by atoms with van der Waals surface area (Å²) in [4.78, 5) is 10.9. The van der Waals surface area contributed by atoms with Crippen molar-refractivity contribution in [3.63, 3.8) is 0 Å². The van der Waals surface area contributed by atoms with Crippen molar-refractivity contribution in [2.45, 2.75) is 13.0 Å². The van der Waals surface area contributed by atoms with Crippen LogP contribution in [0.4, 0.5) is 4.39 Å². The van der Waals surface area contributed by atoms with Gasteiger partial charge in [0.05, 0.1) is 6.42 Å². The predicted octanol–water partition coefficient (Wildman–Crippen LogP) is 0.998. The van der Waals surface area contributed by atoms with Gasteiger partial charge in [-0.05, 0) is 23.3 Å². The third kappa shape index (κ3) is 1.18.